The molecule has 1 aromatic heterocycles. The number of nitrogens with one attached hydrogen (secondary N) is 1. The predicted molar refractivity (Wildman–Crippen MR) is 94.6 cm³/mol. The first kappa shape index (κ1) is 16.0. The van der Waals surface area contributed by atoms with Crippen LogP contribution in [0.2, 0.25) is 0 Å². The Morgan fingerprint density at radius 2 is 1.52 bits per heavy atom. The summed E-state index contributed by atoms with van der Waals surface area (Å²) in [5.74, 6) is 0. The van der Waals surface area contributed by atoms with Gasteiger partial charge in [-0.25, -0.2) is 0 Å². The van der Waals surface area contributed by atoms with Gasteiger partial charge < -0.3 is 20.1 Å². The maximum absolute atomic E-state index is 10.4. The SMILES string of the molecule is CC(C)(CO)NCC(O)Cn1c2ccccc2c2ccccc21. The number of β-amino-alcohol motifs (C(OH)–C–C–N with tert-alkyl or cyclic N) is 1. The van der Waals surface area contributed by atoms with E-state index in [4.69, 9.17) is 0 Å². The number of benzene rings is 2. The minimum absolute atomic E-state index is 0.0368. The highest BCUT2D eigenvalue weighted by atomic mass is 16.3. The molecule has 1 atom stereocenters. The molecule has 0 saturated heterocycles. The van der Waals surface area contributed by atoms with Crippen molar-refractivity contribution in [2.75, 3.05) is 13.2 Å². The maximum atomic E-state index is 10.4. The van der Waals surface area contributed by atoms with Crippen molar-refractivity contribution in [3.63, 3.8) is 0 Å². The fourth-order valence-electron chi connectivity index (χ4n) is 2.93. The maximum Gasteiger partial charge on any atom is 0.0843 e. The van der Waals surface area contributed by atoms with Crippen LogP contribution in [0, 0.1) is 0 Å². The Bertz CT molecular complexity index is 754. The minimum Gasteiger partial charge on any atom is -0.394 e. The lowest BCUT2D eigenvalue weighted by molar-refractivity contribution is 0.124. The van der Waals surface area contributed by atoms with Gasteiger partial charge >= 0.3 is 0 Å². The molecule has 3 aromatic rings. The van der Waals surface area contributed by atoms with Crippen LogP contribution in [0.4, 0.5) is 0 Å². The first-order valence-electron chi connectivity index (χ1n) is 8.02. The Hall–Kier alpha value is -1.88. The molecule has 3 rings (SSSR count). The van der Waals surface area contributed by atoms with E-state index >= 15 is 0 Å². The Kier molecular flexibility index (Phi) is 4.39. The van der Waals surface area contributed by atoms with E-state index in [1.165, 1.54) is 10.8 Å². The van der Waals surface area contributed by atoms with Gasteiger partial charge in [-0.2, -0.15) is 0 Å². The molecule has 4 heteroatoms. The second kappa shape index (κ2) is 6.32. The van der Waals surface area contributed by atoms with Crippen molar-refractivity contribution in [2.45, 2.75) is 32.0 Å². The molecule has 1 heterocycles. The lowest BCUT2D eigenvalue weighted by Gasteiger charge is -2.25. The van der Waals surface area contributed by atoms with Crippen LogP contribution in [-0.4, -0.2) is 39.6 Å². The van der Waals surface area contributed by atoms with Crippen LogP contribution in [0.15, 0.2) is 48.5 Å². The van der Waals surface area contributed by atoms with Crippen molar-refractivity contribution in [3.05, 3.63) is 48.5 Å². The third-order valence-electron chi connectivity index (χ3n) is 4.28. The molecule has 23 heavy (non-hydrogen) atoms. The zero-order valence-corrected chi connectivity index (χ0v) is 13.7. The fourth-order valence-corrected chi connectivity index (χ4v) is 2.93. The quantitative estimate of drug-likeness (QED) is 0.655. The number of aliphatic hydroxyl groups is 2. The van der Waals surface area contributed by atoms with Gasteiger partial charge in [0, 0.05) is 33.9 Å². The highest BCUT2D eigenvalue weighted by Gasteiger charge is 2.18. The number of fused-ring (bicyclic) bond motifs is 3. The molecule has 0 aliphatic carbocycles. The number of rotatable bonds is 6. The highest BCUT2D eigenvalue weighted by Crippen LogP contribution is 2.28. The number of nitrogens with zero attached hydrogens (tertiary/aromatic N) is 1. The van der Waals surface area contributed by atoms with Crippen molar-refractivity contribution < 1.29 is 10.2 Å². The first-order valence-corrected chi connectivity index (χ1v) is 8.02. The molecule has 2 aromatic carbocycles. The Morgan fingerprint density at radius 3 is 2.04 bits per heavy atom. The Balaban J connectivity index is 1.90. The number of hydrogen-bond donors (Lipinski definition) is 3. The summed E-state index contributed by atoms with van der Waals surface area (Å²) < 4.78 is 2.17. The Labute approximate surface area is 136 Å². The van der Waals surface area contributed by atoms with Crippen LogP contribution < -0.4 is 5.32 Å². The Morgan fingerprint density at radius 1 is 1.00 bits per heavy atom. The normalized spacial score (nSPS) is 13.7. The van der Waals surface area contributed by atoms with E-state index in [1.54, 1.807) is 0 Å². The van der Waals surface area contributed by atoms with Gasteiger partial charge in [-0.1, -0.05) is 36.4 Å². The summed E-state index contributed by atoms with van der Waals surface area (Å²) in [6, 6.07) is 16.6. The topological polar surface area (TPSA) is 57.4 Å². The molecular weight excluding hydrogens is 288 g/mol. The number of aromatic nitrogens is 1. The molecule has 4 nitrogen and oxygen atoms in total. The molecule has 3 N–H and O–H groups in total. The van der Waals surface area contributed by atoms with Gasteiger partial charge in [0.1, 0.15) is 0 Å². The van der Waals surface area contributed by atoms with Crippen molar-refractivity contribution in [1.82, 2.24) is 9.88 Å². The lowest BCUT2D eigenvalue weighted by atomic mass is 10.1. The summed E-state index contributed by atoms with van der Waals surface area (Å²) in [5.41, 5.74) is 1.88. The van der Waals surface area contributed by atoms with Gasteiger partial charge in [0.05, 0.1) is 19.3 Å². The molecule has 0 fully saturated rings. The monoisotopic (exact) mass is 312 g/mol. The smallest absolute Gasteiger partial charge is 0.0843 e. The van der Waals surface area contributed by atoms with Gasteiger partial charge in [-0.3, -0.25) is 0 Å². The summed E-state index contributed by atoms with van der Waals surface area (Å²) in [7, 11) is 0. The van der Waals surface area contributed by atoms with E-state index in [0.29, 0.717) is 13.1 Å². The highest BCUT2D eigenvalue weighted by molar-refractivity contribution is 6.07. The van der Waals surface area contributed by atoms with Crippen LogP contribution in [0.1, 0.15) is 13.8 Å². The van der Waals surface area contributed by atoms with Crippen molar-refractivity contribution >= 4 is 21.8 Å². The number of para-hydroxylation sites is 2. The summed E-state index contributed by atoms with van der Waals surface area (Å²) >= 11 is 0. The zero-order valence-electron chi connectivity index (χ0n) is 13.7. The van der Waals surface area contributed by atoms with E-state index in [1.807, 2.05) is 38.1 Å². The summed E-state index contributed by atoms with van der Waals surface area (Å²) in [6.45, 7) is 4.83. The van der Waals surface area contributed by atoms with Crippen molar-refractivity contribution in [3.8, 4) is 0 Å². The standard InChI is InChI=1S/C19H24N2O2/c1-19(2,13-22)20-11-14(23)12-21-17-9-5-3-7-15(17)16-8-4-6-10-18(16)21/h3-10,14,20,22-23H,11-13H2,1-2H3. The van der Waals surface area contributed by atoms with E-state index in [9.17, 15) is 10.2 Å². The van der Waals surface area contributed by atoms with Crippen LogP contribution in [0.5, 0.6) is 0 Å². The van der Waals surface area contributed by atoms with E-state index in [-0.39, 0.29) is 12.1 Å². The molecule has 0 bridgehead atoms. The van der Waals surface area contributed by atoms with E-state index in [2.05, 4.69) is 34.1 Å². The van der Waals surface area contributed by atoms with E-state index in [0.717, 1.165) is 11.0 Å². The molecule has 0 aliphatic rings. The first-order chi connectivity index (χ1) is 11.0. The second-order valence-electron chi connectivity index (χ2n) is 6.72. The van der Waals surface area contributed by atoms with Gasteiger partial charge in [0.25, 0.3) is 0 Å². The second-order valence-corrected chi connectivity index (χ2v) is 6.72. The third-order valence-corrected chi connectivity index (χ3v) is 4.28. The lowest BCUT2D eigenvalue weighted by Crippen LogP contribution is -2.46. The third kappa shape index (κ3) is 3.24. The van der Waals surface area contributed by atoms with Crippen molar-refractivity contribution in [1.29, 1.82) is 0 Å². The van der Waals surface area contributed by atoms with Crippen LogP contribution in [-0.2, 0) is 6.54 Å². The molecule has 0 saturated carbocycles. The average molecular weight is 312 g/mol. The van der Waals surface area contributed by atoms with Crippen LogP contribution >= 0.6 is 0 Å². The van der Waals surface area contributed by atoms with Crippen LogP contribution in [0.3, 0.4) is 0 Å². The van der Waals surface area contributed by atoms with Crippen molar-refractivity contribution in [2.24, 2.45) is 0 Å². The average Bonchev–Trinajstić information content (AvgIpc) is 2.88. The number of hydrogen-bond acceptors (Lipinski definition) is 3. The summed E-state index contributed by atoms with van der Waals surface area (Å²) in [4.78, 5) is 0. The van der Waals surface area contributed by atoms with Gasteiger partial charge in [0.15, 0.2) is 0 Å². The fraction of sp³-hybridized carbons (Fsp3) is 0.368. The largest absolute Gasteiger partial charge is 0.394 e. The van der Waals surface area contributed by atoms with Gasteiger partial charge in [-0.15, -0.1) is 0 Å². The van der Waals surface area contributed by atoms with Gasteiger partial charge in [0.2, 0.25) is 0 Å². The summed E-state index contributed by atoms with van der Waals surface area (Å²) in [6.07, 6.45) is -0.528. The predicted octanol–water partition coefficient (Wildman–Crippen LogP) is 2.52. The minimum atomic E-state index is -0.528. The number of aliphatic hydroxyl groups excluding tert-OH is 2. The molecule has 0 spiro atoms. The molecule has 0 radical (unpaired) electrons. The van der Waals surface area contributed by atoms with Crippen LogP contribution in [0.25, 0.3) is 21.8 Å². The zero-order chi connectivity index (χ0) is 16.4. The molecule has 0 amide bonds. The summed E-state index contributed by atoms with van der Waals surface area (Å²) in [5, 5.41) is 25.3. The van der Waals surface area contributed by atoms with Gasteiger partial charge in [-0.05, 0) is 26.0 Å². The van der Waals surface area contributed by atoms with E-state index < -0.39 is 6.10 Å². The molecule has 1 unspecified atom stereocenters. The molecule has 0 aliphatic heterocycles. The molecule has 122 valence electrons. The molecular formula is C19H24N2O2.